The second-order valence-electron chi connectivity index (χ2n) is 11.7. The second-order valence-corrected chi connectivity index (χ2v) is 11.7. The number of carboxylic acid groups (broad SMARTS) is 1. The molecule has 3 unspecified atom stereocenters. The molecule has 3 N–H and O–H groups in total. The lowest BCUT2D eigenvalue weighted by Crippen LogP contribution is -2.61. The first-order valence-electron chi connectivity index (χ1n) is 14.5. The second kappa shape index (κ2) is 15.9. The number of hydrogen-bond acceptors (Lipinski definition) is 6. The summed E-state index contributed by atoms with van der Waals surface area (Å²) in [6, 6.07) is 5.09. The lowest BCUT2D eigenvalue weighted by molar-refractivity contribution is -0.154. The predicted octanol–water partition coefficient (Wildman–Crippen LogP) is 3.19. The largest absolute Gasteiger partial charge is 0.479 e. The first-order valence-corrected chi connectivity index (χ1v) is 14.5. The van der Waals surface area contributed by atoms with Crippen LogP contribution in [0.2, 0.25) is 0 Å². The normalized spacial score (nSPS) is 17.3. The standard InChI is InChI=1S/C31H46N4O7/c1-19(2)24(33-31(41)42-18-22-14-10-8-11-15-22)27(36)32-25(20(3)4)28(37)34(7)26(21(5)6)29(38)35-17-13-9-12-16-23(35)30(39)40/h8,10-12,14-16,19-21,23-26H,9,13,17-18H2,1-7H3,(H,32,36)(H,33,41)(H,39,40)/t23?,24?,25-,26?/m0/s1. The minimum absolute atomic E-state index is 0.0389. The van der Waals surface area contributed by atoms with E-state index in [0.29, 0.717) is 12.8 Å². The molecular weight excluding hydrogens is 540 g/mol. The Bertz CT molecular complexity index is 1120. The lowest BCUT2D eigenvalue weighted by Gasteiger charge is -2.38. The zero-order chi connectivity index (χ0) is 31.6. The van der Waals surface area contributed by atoms with Crippen molar-refractivity contribution in [3.8, 4) is 0 Å². The summed E-state index contributed by atoms with van der Waals surface area (Å²) in [5, 5.41) is 15.1. The van der Waals surface area contributed by atoms with E-state index in [9.17, 15) is 29.1 Å². The SMILES string of the molecule is CC(C)C(NC(=O)OCc1ccccc1)C(=O)N[C@H](C(=O)N(C)C(C(=O)N1CCCC=CC1C(=O)O)C(C)C)C(C)C. The molecule has 1 aromatic rings. The number of alkyl carbamates (subject to hydrolysis) is 1. The molecule has 2 rings (SSSR count). The molecule has 232 valence electrons. The Labute approximate surface area is 248 Å². The number of benzene rings is 1. The van der Waals surface area contributed by atoms with Gasteiger partial charge in [0, 0.05) is 13.6 Å². The monoisotopic (exact) mass is 586 g/mol. The quantitative estimate of drug-likeness (QED) is 0.319. The maximum Gasteiger partial charge on any atom is 0.408 e. The van der Waals surface area contributed by atoms with Gasteiger partial charge in [-0.2, -0.15) is 0 Å². The van der Waals surface area contributed by atoms with E-state index in [1.165, 1.54) is 22.9 Å². The first kappa shape index (κ1) is 34.3. The summed E-state index contributed by atoms with van der Waals surface area (Å²) in [7, 11) is 1.50. The Balaban J connectivity index is 2.19. The number of likely N-dealkylation sites (N-methyl/N-ethyl adjacent to an activating group) is 1. The Morgan fingerprint density at radius 2 is 1.57 bits per heavy atom. The lowest BCUT2D eigenvalue weighted by atomic mass is 9.96. The maximum absolute atomic E-state index is 13.8. The number of nitrogens with one attached hydrogen (secondary N) is 2. The van der Waals surface area contributed by atoms with Crippen molar-refractivity contribution in [3.05, 3.63) is 48.0 Å². The summed E-state index contributed by atoms with van der Waals surface area (Å²) in [6.07, 6.45) is 3.76. The van der Waals surface area contributed by atoms with E-state index < -0.39 is 54.0 Å². The highest BCUT2D eigenvalue weighted by atomic mass is 16.5. The van der Waals surface area contributed by atoms with Crippen LogP contribution in [0.5, 0.6) is 0 Å². The van der Waals surface area contributed by atoms with E-state index in [2.05, 4.69) is 10.6 Å². The van der Waals surface area contributed by atoms with Crippen molar-refractivity contribution in [3.63, 3.8) is 0 Å². The Morgan fingerprint density at radius 1 is 0.952 bits per heavy atom. The number of rotatable bonds is 12. The van der Waals surface area contributed by atoms with Crippen LogP contribution in [-0.4, -0.2) is 82.5 Å². The van der Waals surface area contributed by atoms with E-state index in [1.807, 2.05) is 30.3 Å². The molecule has 0 fully saturated rings. The molecule has 0 saturated heterocycles. The van der Waals surface area contributed by atoms with Crippen LogP contribution in [0.25, 0.3) is 0 Å². The van der Waals surface area contributed by atoms with Gasteiger partial charge in [-0.15, -0.1) is 0 Å². The molecule has 11 nitrogen and oxygen atoms in total. The van der Waals surface area contributed by atoms with Crippen molar-refractivity contribution in [2.75, 3.05) is 13.6 Å². The van der Waals surface area contributed by atoms with Gasteiger partial charge in [-0.25, -0.2) is 9.59 Å². The van der Waals surface area contributed by atoms with Gasteiger partial charge in [0.05, 0.1) is 0 Å². The minimum atomic E-state index is -1.14. The van der Waals surface area contributed by atoms with Crippen LogP contribution in [0.4, 0.5) is 4.79 Å². The van der Waals surface area contributed by atoms with Crippen molar-refractivity contribution < 1.29 is 33.8 Å². The number of aliphatic carboxylic acids is 1. The van der Waals surface area contributed by atoms with Crippen LogP contribution >= 0.6 is 0 Å². The zero-order valence-corrected chi connectivity index (χ0v) is 25.7. The number of carbonyl (C=O) groups is 5. The van der Waals surface area contributed by atoms with E-state index in [-0.39, 0.29) is 30.9 Å². The third kappa shape index (κ3) is 9.32. The highest BCUT2D eigenvalue weighted by Gasteiger charge is 2.40. The van der Waals surface area contributed by atoms with Crippen LogP contribution in [-0.2, 0) is 30.5 Å². The Kier molecular flexibility index (Phi) is 13.0. The molecule has 0 aliphatic carbocycles. The van der Waals surface area contributed by atoms with Crippen molar-refractivity contribution in [1.82, 2.24) is 20.4 Å². The Hall–Kier alpha value is -3.89. The van der Waals surface area contributed by atoms with Gasteiger partial charge in [-0.3, -0.25) is 14.4 Å². The summed E-state index contributed by atoms with van der Waals surface area (Å²) in [6.45, 7) is 10.9. The maximum atomic E-state index is 13.8. The molecule has 0 bridgehead atoms. The summed E-state index contributed by atoms with van der Waals surface area (Å²) in [5.74, 6) is -3.64. The number of ether oxygens (including phenoxy) is 1. The van der Waals surface area contributed by atoms with Gasteiger partial charge in [-0.05, 0) is 36.2 Å². The smallest absolute Gasteiger partial charge is 0.408 e. The van der Waals surface area contributed by atoms with Crippen molar-refractivity contribution in [1.29, 1.82) is 0 Å². The van der Waals surface area contributed by atoms with E-state index in [4.69, 9.17) is 4.74 Å². The van der Waals surface area contributed by atoms with Crippen LogP contribution in [0.15, 0.2) is 42.5 Å². The predicted molar refractivity (Wildman–Crippen MR) is 158 cm³/mol. The summed E-state index contributed by atoms with van der Waals surface area (Å²) >= 11 is 0. The molecular formula is C31H46N4O7. The number of carbonyl (C=O) groups excluding carboxylic acids is 4. The molecule has 0 radical (unpaired) electrons. The van der Waals surface area contributed by atoms with Crippen molar-refractivity contribution in [2.24, 2.45) is 17.8 Å². The fraction of sp³-hybridized carbons (Fsp3) is 0.581. The highest BCUT2D eigenvalue weighted by molar-refractivity contribution is 5.95. The molecule has 0 spiro atoms. The average Bonchev–Trinajstić information content (AvgIpc) is 3.19. The van der Waals surface area contributed by atoms with Crippen LogP contribution < -0.4 is 10.6 Å². The molecule has 42 heavy (non-hydrogen) atoms. The number of allylic oxidation sites excluding steroid dienone is 1. The molecule has 0 saturated carbocycles. The number of nitrogens with zero attached hydrogens (tertiary/aromatic N) is 2. The zero-order valence-electron chi connectivity index (χ0n) is 25.7. The summed E-state index contributed by atoms with van der Waals surface area (Å²) < 4.78 is 5.28. The molecule has 1 aliphatic rings. The van der Waals surface area contributed by atoms with Gasteiger partial charge >= 0.3 is 12.1 Å². The van der Waals surface area contributed by atoms with E-state index in [1.54, 1.807) is 47.6 Å². The van der Waals surface area contributed by atoms with Gasteiger partial charge in [-0.1, -0.05) is 84.0 Å². The molecule has 11 heteroatoms. The van der Waals surface area contributed by atoms with Crippen LogP contribution in [0, 0.1) is 17.8 Å². The summed E-state index contributed by atoms with van der Waals surface area (Å²) in [5.41, 5.74) is 0.798. The van der Waals surface area contributed by atoms with Gasteiger partial charge in [0.25, 0.3) is 0 Å². The molecule has 1 heterocycles. The van der Waals surface area contributed by atoms with Crippen molar-refractivity contribution >= 4 is 29.8 Å². The van der Waals surface area contributed by atoms with Crippen LogP contribution in [0.1, 0.15) is 59.9 Å². The molecule has 4 amide bonds. The number of hydrogen-bond donors (Lipinski definition) is 3. The van der Waals surface area contributed by atoms with E-state index in [0.717, 1.165) is 5.56 Å². The fourth-order valence-corrected chi connectivity index (χ4v) is 4.92. The molecule has 0 aromatic heterocycles. The van der Waals surface area contributed by atoms with Crippen molar-refractivity contribution in [2.45, 2.75) is 85.2 Å². The van der Waals surface area contributed by atoms with Crippen LogP contribution in [0.3, 0.4) is 0 Å². The molecule has 1 aliphatic heterocycles. The van der Waals surface area contributed by atoms with Gasteiger partial charge in [0.1, 0.15) is 30.8 Å². The third-order valence-electron chi connectivity index (χ3n) is 7.28. The fourth-order valence-electron chi connectivity index (χ4n) is 4.92. The topological polar surface area (TPSA) is 145 Å². The summed E-state index contributed by atoms with van der Waals surface area (Å²) in [4.78, 5) is 68.0. The Morgan fingerprint density at radius 3 is 2.12 bits per heavy atom. The molecule has 1 aromatic carbocycles. The third-order valence-corrected chi connectivity index (χ3v) is 7.28. The number of amides is 4. The first-order chi connectivity index (χ1) is 19.8. The average molecular weight is 587 g/mol. The van der Waals surface area contributed by atoms with E-state index >= 15 is 0 Å². The van der Waals surface area contributed by atoms with Gasteiger partial charge in [0.15, 0.2) is 0 Å². The molecule has 4 atom stereocenters. The highest BCUT2D eigenvalue weighted by Crippen LogP contribution is 2.20. The van der Waals surface area contributed by atoms with Gasteiger partial charge < -0.3 is 30.3 Å². The number of carboxylic acids is 1. The van der Waals surface area contributed by atoms with Gasteiger partial charge in [0.2, 0.25) is 17.7 Å². The minimum Gasteiger partial charge on any atom is -0.479 e.